The molecule has 0 amide bonds. The van der Waals surface area contributed by atoms with Crippen molar-refractivity contribution in [2.75, 3.05) is 0 Å². The first-order chi connectivity index (χ1) is 9.97. The second kappa shape index (κ2) is 6.74. The van der Waals surface area contributed by atoms with Crippen LogP contribution in [0.1, 0.15) is 12.5 Å². The minimum Gasteiger partial charge on any atom is -0.481 e. The van der Waals surface area contributed by atoms with Gasteiger partial charge in [-0.1, -0.05) is 54.9 Å². The van der Waals surface area contributed by atoms with Crippen molar-refractivity contribution in [3.63, 3.8) is 0 Å². The van der Waals surface area contributed by atoms with Crippen LogP contribution in [0.15, 0.2) is 48.5 Å². The van der Waals surface area contributed by atoms with Crippen LogP contribution in [0.5, 0.6) is 0 Å². The molecule has 2 atom stereocenters. The van der Waals surface area contributed by atoms with E-state index in [1.807, 2.05) is 48.5 Å². The maximum absolute atomic E-state index is 10.9. The highest BCUT2D eigenvalue weighted by Crippen LogP contribution is 2.23. The highest BCUT2D eigenvalue weighted by molar-refractivity contribution is 6.30. The van der Waals surface area contributed by atoms with Crippen molar-refractivity contribution in [3.8, 4) is 11.1 Å². The van der Waals surface area contributed by atoms with Gasteiger partial charge in [0, 0.05) is 11.1 Å². The number of carbonyl (C=O) groups is 1. The minimum atomic E-state index is -0.863. The molecule has 0 heterocycles. The van der Waals surface area contributed by atoms with Crippen LogP contribution in [0.3, 0.4) is 0 Å². The van der Waals surface area contributed by atoms with E-state index in [0.29, 0.717) is 11.4 Å². The smallest absolute Gasteiger partial charge is 0.307 e. The van der Waals surface area contributed by atoms with E-state index in [4.69, 9.17) is 22.4 Å². The molecule has 4 heteroatoms. The standard InChI is InChI=1S/C17H18ClNO2/c1-11(17(20)21)16(19)9-12-5-7-13(8-6-12)14-3-2-4-15(18)10-14/h2-8,10-11,16H,9,19H2,1H3,(H,20,21)/t11-,16?/m1/s1. The Hall–Kier alpha value is -1.84. The summed E-state index contributed by atoms with van der Waals surface area (Å²) in [7, 11) is 0. The fourth-order valence-electron chi connectivity index (χ4n) is 2.13. The lowest BCUT2D eigenvalue weighted by atomic mass is 9.95. The molecular formula is C17H18ClNO2. The van der Waals surface area contributed by atoms with Gasteiger partial charge in [0.05, 0.1) is 5.92 Å². The Kier molecular flexibility index (Phi) is 4.99. The highest BCUT2D eigenvalue weighted by atomic mass is 35.5. The number of aliphatic carboxylic acids is 1. The summed E-state index contributed by atoms with van der Waals surface area (Å²) in [6.07, 6.45) is 0.545. The van der Waals surface area contributed by atoms with E-state index in [1.54, 1.807) is 6.92 Å². The molecule has 0 saturated carbocycles. The fourth-order valence-corrected chi connectivity index (χ4v) is 2.32. The number of carboxylic acids is 1. The van der Waals surface area contributed by atoms with E-state index in [-0.39, 0.29) is 6.04 Å². The van der Waals surface area contributed by atoms with Gasteiger partial charge >= 0.3 is 5.97 Å². The molecule has 0 bridgehead atoms. The van der Waals surface area contributed by atoms with Crippen LogP contribution in [-0.2, 0) is 11.2 Å². The number of benzene rings is 2. The quantitative estimate of drug-likeness (QED) is 0.887. The van der Waals surface area contributed by atoms with Gasteiger partial charge in [-0.05, 0) is 35.2 Å². The Morgan fingerprint density at radius 1 is 1.19 bits per heavy atom. The third kappa shape index (κ3) is 4.06. The molecule has 110 valence electrons. The predicted molar refractivity (Wildman–Crippen MR) is 85.4 cm³/mol. The van der Waals surface area contributed by atoms with E-state index in [9.17, 15) is 4.79 Å². The van der Waals surface area contributed by atoms with Crippen molar-refractivity contribution in [1.82, 2.24) is 0 Å². The predicted octanol–water partition coefficient (Wildman–Crippen LogP) is 3.60. The lowest BCUT2D eigenvalue weighted by Gasteiger charge is -2.16. The van der Waals surface area contributed by atoms with Crippen molar-refractivity contribution in [1.29, 1.82) is 0 Å². The lowest BCUT2D eigenvalue weighted by molar-refractivity contribution is -0.141. The average molecular weight is 304 g/mol. The Bertz CT molecular complexity index is 625. The normalized spacial score (nSPS) is 13.7. The van der Waals surface area contributed by atoms with Crippen molar-refractivity contribution in [2.24, 2.45) is 11.7 Å². The van der Waals surface area contributed by atoms with Crippen LogP contribution >= 0.6 is 11.6 Å². The van der Waals surface area contributed by atoms with Gasteiger partial charge < -0.3 is 10.8 Å². The van der Waals surface area contributed by atoms with Crippen molar-refractivity contribution in [3.05, 3.63) is 59.1 Å². The van der Waals surface area contributed by atoms with Crippen LogP contribution in [0, 0.1) is 5.92 Å². The molecule has 3 N–H and O–H groups in total. The number of nitrogens with two attached hydrogens (primary N) is 1. The number of rotatable bonds is 5. The number of hydrogen-bond donors (Lipinski definition) is 2. The molecule has 0 aromatic heterocycles. The van der Waals surface area contributed by atoms with Crippen molar-refractivity contribution >= 4 is 17.6 Å². The Morgan fingerprint density at radius 3 is 2.43 bits per heavy atom. The third-order valence-electron chi connectivity index (χ3n) is 3.62. The van der Waals surface area contributed by atoms with E-state index >= 15 is 0 Å². The van der Waals surface area contributed by atoms with Gasteiger partial charge in [-0.2, -0.15) is 0 Å². The molecule has 0 fully saturated rings. The van der Waals surface area contributed by atoms with Crippen LogP contribution in [0.2, 0.25) is 5.02 Å². The van der Waals surface area contributed by atoms with Crippen LogP contribution in [-0.4, -0.2) is 17.1 Å². The van der Waals surface area contributed by atoms with Gasteiger partial charge in [0.15, 0.2) is 0 Å². The number of carboxylic acid groups (broad SMARTS) is 1. The van der Waals surface area contributed by atoms with Crippen LogP contribution in [0.25, 0.3) is 11.1 Å². The van der Waals surface area contributed by atoms with E-state index < -0.39 is 11.9 Å². The largest absolute Gasteiger partial charge is 0.481 e. The number of halogens is 1. The zero-order valence-corrected chi connectivity index (χ0v) is 12.5. The number of hydrogen-bond acceptors (Lipinski definition) is 2. The first-order valence-electron chi connectivity index (χ1n) is 6.80. The van der Waals surface area contributed by atoms with Gasteiger partial charge in [0.25, 0.3) is 0 Å². The second-order valence-electron chi connectivity index (χ2n) is 5.20. The monoisotopic (exact) mass is 303 g/mol. The zero-order valence-electron chi connectivity index (χ0n) is 11.8. The Morgan fingerprint density at radius 2 is 1.86 bits per heavy atom. The molecule has 0 aliphatic rings. The maximum Gasteiger partial charge on any atom is 0.307 e. The second-order valence-corrected chi connectivity index (χ2v) is 5.64. The summed E-state index contributed by atoms with van der Waals surface area (Å²) in [5, 5.41) is 9.66. The molecule has 0 aliphatic carbocycles. The van der Waals surface area contributed by atoms with E-state index in [0.717, 1.165) is 16.7 Å². The first kappa shape index (κ1) is 15.5. The van der Waals surface area contributed by atoms with Crippen molar-refractivity contribution < 1.29 is 9.90 Å². The minimum absolute atomic E-state index is 0.389. The van der Waals surface area contributed by atoms with E-state index in [2.05, 4.69) is 0 Å². The van der Waals surface area contributed by atoms with Crippen LogP contribution in [0.4, 0.5) is 0 Å². The molecule has 2 rings (SSSR count). The molecular weight excluding hydrogens is 286 g/mol. The zero-order chi connectivity index (χ0) is 15.4. The molecule has 2 aromatic rings. The maximum atomic E-state index is 10.9. The summed E-state index contributed by atoms with van der Waals surface area (Å²) < 4.78 is 0. The summed E-state index contributed by atoms with van der Waals surface area (Å²) in [5.74, 6) is -1.42. The Balaban J connectivity index is 2.11. The SMILES string of the molecule is C[C@@H](C(=O)O)C(N)Cc1ccc(-c2cccc(Cl)c2)cc1. The summed E-state index contributed by atoms with van der Waals surface area (Å²) in [4.78, 5) is 10.9. The van der Waals surface area contributed by atoms with Gasteiger partial charge in [-0.3, -0.25) is 4.79 Å². The van der Waals surface area contributed by atoms with Gasteiger partial charge in [0.1, 0.15) is 0 Å². The molecule has 0 spiro atoms. The molecule has 3 nitrogen and oxygen atoms in total. The third-order valence-corrected chi connectivity index (χ3v) is 3.85. The van der Waals surface area contributed by atoms with Crippen LogP contribution < -0.4 is 5.73 Å². The molecule has 0 aliphatic heterocycles. The van der Waals surface area contributed by atoms with E-state index in [1.165, 1.54) is 0 Å². The fraction of sp³-hybridized carbons (Fsp3) is 0.235. The molecule has 0 radical (unpaired) electrons. The molecule has 1 unspecified atom stereocenters. The summed E-state index contributed by atoms with van der Waals surface area (Å²) >= 11 is 5.99. The summed E-state index contributed by atoms with van der Waals surface area (Å²) in [6.45, 7) is 1.63. The topological polar surface area (TPSA) is 63.3 Å². The first-order valence-corrected chi connectivity index (χ1v) is 7.18. The lowest BCUT2D eigenvalue weighted by Crippen LogP contribution is -2.35. The molecule has 0 saturated heterocycles. The van der Waals surface area contributed by atoms with Gasteiger partial charge in [0.2, 0.25) is 0 Å². The molecule has 21 heavy (non-hydrogen) atoms. The average Bonchev–Trinajstić information content (AvgIpc) is 2.47. The highest BCUT2D eigenvalue weighted by Gasteiger charge is 2.19. The van der Waals surface area contributed by atoms with Gasteiger partial charge in [-0.15, -0.1) is 0 Å². The van der Waals surface area contributed by atoms with Crippen molar-refractivity contribution in [2.45, 2.75) is 19.4 Å². The molecule has 2 aromatic carbocycles. The Labute approximate surface area is 129 Å². The summed E-state index contributed by atoms with van der Waals surface area (Å²) in [5.41, 5.74) is 9.07. The van der Waals surface area contributed by atoms with Gasteiger partial charge in [-0.25, -0.2) is 0 Å². The summed E-state index contributed by atoms with van der Waals surface area (Å²) in [6, 6.07) is 15.2.